The Morgan fingerprint density at radius 2 is 0.978 bits per heavy atom. The van der Waals surface area contributed by atoms with Crippen LogP contribution in [-0.2, 0) is 0 Å². The number of hydrogen-bond acceptors (Lipinski definition) is 1. The minimum atomic E-state index is -0.591. The van der Waals surface area contributed by atoms with Crippen LogP contribution in [0.25, 0.3) is 88.0 Å². The summed E-state index contributed by atoms with van der Waals surface area (Å²) in [5.41, 5.74) is 5.40. The maximum Gasteiger partial charge on any atom is 0.143 e. The van der Waals surface area contributed by atoms with Gasteiger partial charge in [-0.25, -0.2) is 0 Å². The first-order valence-electron chi connectivity index (χ1n) is 19.2. The molecule has 0 spiro atoms. The van der Waals surface area contributed by atoms with Gasteiger partial charge in [-0.05, 0) is 72.6 Å². The summed E-state index contributed by atoms with van der Waals surface area (Å²) in [6, 6.07) is 32.8. The average Bonchev–Trinajstić information content (AvgIpc) is 3.58. The molecule has 1 nitrogen and oxygen atoms in total. The first kappa shape index (κ1) is 18.0. The van der Waals surface area contributed by atoms with Crippen LogP contribution in [-0.4, -0.2) is 0 Å². The van der Waals surface area contributed by atoms with Gasteiger partial charge in [-0.2, -0.15) is 0 Å². The summed E-state index contributed by atoms with van der Waals surface area (Å²) in [6.45, 7) is 0. The normalized spacial score (nSPS) is 14.4. The van der Waals surface area contributed by atoms with Gasteiger partial charge in [-0.15, -0.1) is 0 Å². The molecule has 0 aliphatic rings. The Hall–Kier alpha value is -5.92. The molecule has 1 heterocycles. The Morgan fingerprint density at radius 3 is 1.69 bits per heavy atom. The summed E-state index contributed by atoms with van der Waals surface area (Å²) < 4.78 is 85.0. The second-order valence-corrected chi connectivity index (χ2v) is 11.0. The van der Waals surface area contributed by atoms with Crippen LogP contribution < -0.4 is 0 Å². The molecule has 0 unspecified atom stereocenters. The molecule has 210 valence electrons. The van der Waals surface area contributed by atoms with Gasteiger partial charge in [0.15, 0.2) is 0 Å². The van der Waals surface area contributed by atoms with Gasteiger partial charge < -0.3 is 4.42 Å². The molecule has 0 bridgehead atoms. The van der Waals surface area contributed by atoms with E-state index in [1.54, 1.807) is 0 Å². The Bertz CT molecular complexity index is 2960. The first-order valence-corrected chi connectivity index (χ1v) is 14.7. The van der Waals surface area contributed by atoms with Crippen molar-refractivity contribution in [2.24, 2.45) is 0 Å². The smallest absolute Gasteiger partial charge is 0.143 e. The molecule has 0 N–H and O–H groups in total. The molecule has 0 atom stereocenters. The number of fused-ring (bicyclic) bond motifs is 5. The highest BCUT2D eigenvalue weighted by molar-refractivity contribution is 6.23. The molecule has 45 heavy (non-hydrogen) atoms. The van der Waals surface area contributed by atoms with Gasteiger partial charge in [0.1, 0.15) is 11.2 Å². The Labute approximate surface area is 274 Å². The molecule has 9 aromatic rings. The Morgan fingerprint density at radius 1 is 0.378 bits per heavy atom. The van der Waals surface area contributed by atoms with E-state index in [9.17, 15) is 1.37 Å². The van der Waals surface area contributed by atoms with Crippen LogP contribution in [0.1, 0.15) is 12.3 Å². The van der Waals surface area contributed by atoms with E-state index in [-0.39, 0.29) is 22.7 Å². The zero-order valence-corrected chi connectivity index (χ0v) is 23.9. The largest absolute Gasteiger partial charge is 0.455 e. The van der Waals surface area contributed by atoms with E-state index in [0.29, 0.717) is 21.9 Å². The van der Waals surface area contributed by atoms with E-state index in [0.717, 1.165) is 49.4 Å². The highest BCUT2D eigenvalue weighted by Crippen LogP contribution is 2.47. The lowest BCUT2D eigenvalue weighted by atomic mass is 9.84. The summed E-state index contributed by atoms with van der Waals surface area (Å²) in [5, 5.41) is 4.90. The van der Waals surface area contributed by atoms with Gasteiger partial charge in [0, 0.05) is 16.3 Å². The summed E-state index contributed by atoms with van der Waals surface area (Å²) in [7, 11) is 0. The van der Waals surface area contributed by atoms with Crippen molar-refractivity contribution >= 4 is 43.5 Å². The van der Waals surface area contributed by atoms with Gasteiger partial charge in [0.05, 0.1) is 12.3 Å². The van der Waals surface area contributed by atoms with Crippen molar-refractivity contribution in [1.82, 2.24) is 0 Å². The minimum absolute atomic E-state index is 0.0552. The molecule has 1 heteroatoms. The van der Waals surface area contributed by atoms with Crippen LogP contribution in [0.15, 0.2) is 174 Å². The highest BCUT2D eigenvalue weighted by Gasteiger charge is 2.20. The predicted octanol–water partition coefficient (Wildman–Crippen LogP) is 12.6. The van der Waals surface area contributed by atoms with Crippen molar-refractivity contribution in [2.75, 3.05) is 0 Å². The second kappa shape index (κ2) is 10.4. The van der Waals surface area contributed by atoms with Crippen molar-refractivity contribution < 1.29 is 16.8 Å². The van der Waals surface area contributed by atoms with Crippen LogP contribution in [0.4, 0.5) is 0 Å². The topological polar surface area (TPSA) is 13.1 Å². The van der Waals surface area contributed by atoms with E-state index < -0.39 is 48.3 Å². The fourth-order valence-corrected chi connectivity index (χ4v) is 6.57. The van der Waals surface area contributed by atoms with Crippen LogP contribution in [0.3, 0.4) is 0 Å². The lowest BCUT2D eigenvalue weighted by Crippen LogP contribution is -1.92. The molecule has 0 aliphatic carbocycles. The van der Waals surface area contributed by atoms with Crippen LogP contribution in [0, 0.1) is 0 Å². The second-order valence-electron chi connectivity index (χ2n) is 11.0. The first-order chi connectivity index (χ1) is 26.1. The standard InChI is InChI=1S/C44H28O/c1-3-14-29(15-4-1)32-18-7-8-19-35(32)43-38-22-11-9-20-36(38)42(37-21-10-12-23-39(37)43)31-26-27-34-40-25-13-24-33(30-16-5-2-6-17-30)44(40)45-41(34)28-31/h1-28H/i1D,3D,4D,7D,8D,14D,15D,18D,19D. The molecular weight excluding hydrogens is 544 g/mol. The molecule has 8 aromatic carbocycles. The van der Waals surface area contributed by atoms with Crippen molar-refractivity contribution in [3.05, 3.63) is 170 Å². The Kier molecular flexibility index (Phi) is 4.15. The van der Waals surface area contributed by atoms with E-state index >= 15 is 0 Å². The zero-order valence-electron chi connectivity index (χ0n) is 32.9. The third-order valence-corrected chi connectivity index (χ3v) is 8.49. The zero-order chi connectivity index (χ0) is 37.6. The van der Waals surface area contributed by atoms with Gasteiger partial charge in [-0.1, -0.05) is 158 Å². The number of benzene rings is 8. The van der Waals surface area contributed by atoms with Gasteiger partial charge in [-0.3, -0.25) is 0 Å². The number of hydrogen-bond donors (Lipinski definition) is 0. The lowest BCUT2D eigenvalue weighted by molar-refractivity contribution is 0.670. The highest BCUT2D eigenvalue weighted by atomic mass is 16.3. The summed E-state index contributed by atoms with van der Waals surface area (Å²) in [5.74, 6) is 0. The third-order valence-electron chi connectivity index (χ3n) is 8.49. The molecule has 9 rings (SSSR count). The summed E-state index contributed by atoms with van der Waals surface area (Å²) in [6.07, 6.45) is 0. The maximum absolute atomic E-state index is 9.29. The van der Waals surface area contributed by atoms with Gasteiger partial charge in [0.25, 0.3) is 0 Å². The molecule has 0 saturated carbocycles. The van der Waals surface area contributed by atoms with Gasteiger partial charge in [0.2, 0.25) is 0 Å². The SMILES string of the molecule is [2H]c1c([2H])c([2H])c(-c2c([2H])c([2H])c([2H])c([2H])c2-c2c3ccccc3c(-c3ccc4c(c3)oc3c(-c5ccccc5)cccc34)c3ccccc23)c([2H])c1[2H]. The average molecular weight is 582 g/mol. The van der Waals surface area contributed by atoms with Crippen LogP contribution in [0.5, 0.6) is 0 Å². The fourth-order valence-electron chi connectivity index (χ4n) is 6.57. The van der Waals surface area contributed by atoms with E-state index in [1.165, 1.54) is 0 Å². The maximum atomic E-state index is 9.29. The fraction of sp³-hybridized carbons (Fsp3) is 0. The number of rotatable bonds is 4. The van der Waals surface area contributed by atoms with Crippen molar-refractivity contribution in [3.8, 4) is 44.5 Å². The molecule has 0 fully saturated rings. The van der Waals surface area contributed by atoms with E-state index in [4.69, 9.17) is 15.4 Å². The summed E-state index contributed by atoms with van der Waals surface area (Å²) in [4.78, 5) is 0. The van der Waals surface area contributed by atoms with Crippen molar-refractivity contribution in [1.29, 1.82) is 0 Å². The van der Waals surface area contributed by atoms with E-state index in [2.05, 4.69) is 36.4 Å². The van der Waals surface area contributed by atoms with Crippen LogP contribution >= 0.6 is 0 Å². The minimum Gasteiger partial charge on any atom is -0.455 e. The quantitative estimate of drug-likeness (QED) is 0.188. The third kappa shape index (κ3) is 4.09. The molecule has 0 amide bonds. The monoisotopic (exact) mass is 581 g/mol. The number of para-hydroxylation sites is 1. The molecule has 0 aliphatic heterocycles. The number of furan rings is 1. The van der Waals surface area contributed by atoms with Gasteiger partial charge >= 0.3 is 0 Å². The van der Waals surface area contributed by atoms with E-state index in [1.807, 2.05) is 78.9 Å². The Balaban J connectivity index is 1.38. The van der Waals surface area contributed by atoms with Crippen molar-refractivity contribution in [2.45, 2.75) is 0 Å². The molecule has 0 saturated heterocycles. The van der Waals surface area contributed by atoms with Crippen LogP contribution in [0.2, 0.25) is 0 Å². The predicted molar refractivity (Wildman–Crippen MR) is 190 cm³/mol. The molecule has 1 aromatic heterocycles. The molecule has 0 radical (unpaired) electrons. The summed E-state index contributed by atoms with van der Waals surface area (Å²) >= 11 is 0. The lowest BCUT2D eigenvalue weighted by Gasteiger charge is -2.19. The molecular formula is C44H28O. The van der Waals surface area contributed by atoms with Crippen molar-refractivity contribution in [3.63, 3.8) is 0 Å².